The minimum absolute atomic E-state index is 0.0820. The molecular weight excluding hydrogens is 256 g/mol. The van der Waals surface area contributed by atoms with Crippen LogP contribution in [0.15, 0.2) is 18.3 Å². The fourth-order valence-electron chi connectivity index (χ4n) is 1.31. The number of anilines is 1. The van der Waals surface area contributed by atoms with Crippen LogP contribution in [0.5, 0.6) is 0 Å². The number of rotatable bonds is 6. The van der Waals surface area contributed by atoms with E-state index in [0.29, 0.717) is 0 Å². The predicted octanol–water partition coefficient (Wildman–Crippen LogP) is 1.08. The van der Waals surface area contributed by atoms with Crippen molar-refractivity contribution in [3.05, 3.63) is 23.9 Å². The zero-order valence-corrected chi connectivity index (χ0v) is 11.2. The van der Waals surface area contributed by atoms with Gasteiger partial charge >= 0.3 is 5.97 Å². The number of ether oxygens (including phenoxy) is 1. The van der Waals surface area contributed by atoms with Crippen LogP contribution in [-0.4, -0.2) is 32.2 Å². The third-order valence-electron chi connectivity index (χ3n) is 2.20. The Balaban J connectivity index is 2.52. The highest BCUT2D eigenvalue weighted by molar-refractivity contribution is 7.92. The second kappa shape index (κ2) is 6.34. The standard InChI is InChI=1S/C11H16N2O4S/c1-9-5-6-12-10(8-9)13-18(15,16)7-3-4-11(14)17-2/h5-6,8H,3-4,7H2,1-2H3,(H,12,13). The molecule has 1 rings (SSSR count). The Labute approximate surface area is 106 Å². The van der Waals surface area contributed by atoms with E-state index in [0.717, 1.165) is 5.56 Å². The van der Waals surface area contributed by atoms with Gasteiger partial charge in [0.2, 0.25) is 10.0 Å². The molecule has 0 bridgehead atoms. The van der Waals surface area contributed by atoms with Crippen LogP contribution >= 0.6 is 0 Å². The number of methoxy groups -OCH3 is 1. The lowest BCUT2D eigenvalue weighted by atomic mass is 10.3. The number of hydrogen-bond acceptors (Lipinski definition) is 5. The van der Waals surface area contributed by atoms with Crippen molar-refractivity contribution in [3.8, 4) is 0 Å². The Morgan fingerprint density at radius 1 is 1.50 bits per heavy atom. The molecule has 6 nitrogen and oxygen atoms in total. The number of sulfonamides is 1. The number of aryl methyl sites for hydroxylation is 1. The average Bonchev–Trinajstić information content (AvgIpc) is 2.27. The molecule has 1 aromatic heterocycles. The summed E-state index contributed by atoms with van der Waals surface area (Å²) in [6.45, 7) is 1.84. The van der Waals surface area contributed by atoms with Crippen molar-refractivity contribution in [3.63, 3.8) is 0 Å². The van der Waals surface area contributed by atoms with Gasteiger partial charge < -0.3 is 4.74 Å². The summed E-state index contributed by atoms with van der Waals surface area (Å²) in [6.07, 6.45) is 1.83. The molecule has 0 amide bonds. The number of esters is 1. The molecule has 1 N–H and O–H groups in total. The van der Waals surface area contributed by atoms with E-state index in [1.807, 2.05) is 6.92 Å². The first-order chi connectivity index (χ1) is 8.43. The maximum absolute atomic E-state index is 11.7. The number of aromatic nitrogens is 1. The van der Waals surface area contributed by atoms with E-state index in [1.54, 1.807) is 12.1 Å². The molecule has 0 fully saturated rings. The van der Waals surface area contributed by atoms with E-state index < -0.39 is 16.0 Å². The summed E-state index contributed by atoms with van der Waals surface area (Å²) in [4.78, 5) is 14.8. The van der Waals surface area contributed by atoms with Gasteiger partial charge in [-0.3, -0.25) is 9.52 Å². The Bertz CT molecular complexity index is 514. The highest BCUT2D eigenvalue weighted by atomic mass is 32.2. The van der Waals surface area contributed by atoms with Gasteiger partial charge in [-0.15, -0.1) is 0 Å². The van der Waals surface area contributed by atoms with Crippen LogP contribution in [0.1, 0.15) is 18.4 Å². The zero-order chi connectivity index (χ0) is 13.6. The third-order valence-corrected chi connectivity index (χ3v) is 3.54. The summed E-state index contributed by atoms with van der Waals surface area (Å²) in [7, 11) is -2.21. The number of carbonyl (C=O) groups excluding carboxylic acids is 1. The van der Waals surface area contributed by atoms with E-state index >= 15 is 0 Å². The van der Waals surface area contributed by atoms with Crippen LogP contribution < -0.4 is 4.72 Å². The van der Waals surface area contributed by atoms with Crippen LogP contribution in [0.3, 0.4) is 0 Å². The highest BCUT2D eigenvalue weighted by Gasteiger charge is 2.12. The Morgan fingerprint density at radius 3 is 2.83 bits per heavy atom. The lowest BCUT2D eigenvalue weighted by molar-refractivity contribution is -0.140. The van der Waals surface area contributed by atoms with Crippen molar-refractivity contribution in [2.24, 2.45) is 0 Å². The van der Waals surface area contributed by atoms with E-state index in [9.17, 15) is 13.2 Å². The fraction of sp³-hybridized carbons (Fsp3) is 0.455. The van der Waals surface area contributed by atoms with Crippen molar-refractivity contribution in [2.45, 2.75) is 19.8 Å². The molecule has 0 radical (unpaired) electrons. The first-order valence-electron chi connectivity index (χ1n) is 5.43. The van der Waals surface area contributed by atoms with Gasteiger partial charge in [0.1, 0.15) is 5.82 Å². The molecule has 18 heavy (non-hydrogen) atoms. The summed E-state index contributed by atoms with van der Waals surface area (Å²) in [5, 5.41) is 0. The molecule has 0 aliphatic carbocycles. The molecule has 0 aromatic carbocycles. The van der Waals surface area contributed by atoms with Gasteiger partial charge in [-0.1, -0.05) is 0 Å². The largest absolute Gasteiger partial charge is 0.469 e. The van der Waals surface area contributed by atoms with Crippen molar-refractivity contribution < 1.29 is 17.9 Å². The molecule has 1 aromatic rings. The smallest absolute Gasteiger partial charge is 0.305 e. The summed E-state index contributed by atoms with van der Waals surface area (Å²) < 4.78 is 30.1. The number of carbonyl (C=O) groups is 1. The minimum atomic E-state index is -3.48. The molecule has 0 atom stereocenters. The highest BCUT2D eigenvalue weighted by Crippen LogP contribution is 2.08. The monoisotopic (exact) mass is 272 g/mol. The number of nitrogens with one attached hydrogen (secondary N) is 1. The molecular formula is C11H16N2O4S. The SMILES string of the molecule is COC(=O)CCCS(=O)(=O)Nc1cc(C)ccn1. The van der Waals surface area contributed by atoms with E-state index in [2.05, 4.69) is 14.4 Å². The summed E-state index contributed by atoms with van der Waals surface area (Å²) in [5.74, 6) is -0.274. The summed E-state index contributed by atoms with van der Waals surface area (Å²) in [5.41, 5.74) is 0.914. The Morgan fingerprint density at radius 2 is 2.22 bits per heavy atom. The summed E-state index contributed by atoms with van der Waals surface area (Å²) in [6, 6.07) is 3.41. The maximum atomic E-state index is 11.7. The van der Waals surface area contributed by atoms with Gasteiger partial charge in [0, 0.05) is 12.6 Å². The normalized spacial score (nSPS) is 11.0. The minimum Gasteiger partial charge on any atom is -0.469 e. The molecule has 1 heterocycles. The van der Waals surface area contributed by atoms with E-state index in [1.165, 1.54) is 13.3 Å². The average molecular weight is 272 g/mol. The van der Waals surface area contributed by atoms with Gasteiger partial charge in [-0.2, -0.15) is 0 Å². The van der Waals surface area contributed by atoms with Crippen molar-refractivity contribution in [1.29, 1.82) is 0 Å². The van der Waals surface area contributed by atoms with Crippen molar-refractivity contribution in [1.82, 2.24) is 4.98 Å². The summed E-state index contributed by atoms with van der Waals surface area (Å²) >= 11 is 0. The quantitative estimate of drug-likeness (QED) is 0.783. The molecule has 0 aliphatic rings. The first-order valence-corrected chi connectivity index (χ1v) is 7.08. The van der Waals surface area contributed by atoms with Crippen LogP contribution in [0.25, 0.3) is 0 Å². The predicted molar refractivity (Wildman–Crippen MR) is 67.6 cm³/mol. The van der Waals surface area contributed by atoms with Crippen molar-refractivity contribution in [2.75, 3.05) is 17.6 Å². The zero-order valence-electron chi connectivity index (χ0n) is 10.3. The number of hydrogen-bond donors (Lipinski definition) is 1. The first kappa shape index (κ1) is 14.4. The molecule has 0 saturated heterocycles. The number of pyridine rings is 1. The topological polar surface area (TPSA) is 85.4 Å². The Hall–Kier alpha value is -1.63. The van der Waals surface area contributed by atoms with Gasteiger partial charge in [-0.05, 0) is 31.0 Å². The Kier molecular flexibility index (Phi) is 5.08. The third kappa shape index (κ3) is 5.13. The molecule has 100 valence electrons. The van der Waals surface area contributed by atoms with Gasteiger partial charge in [0.15, 0.2) is 0 Å². The van der Waals surface area contributed by atoms with Crippen molar-refractivity contribution >= 4 is 21.8 Å². The van der Waals surface area contributed by atoms with Crippen LogP contribution in [0.2, 0.25) is 0 Å². The second-order valence-corrected chi connectivity index (χ2v) is 5.66. The van der Waals surface area contributed by atoms with Gasteiger partial charge in [0.05, 0.1) is 12.9 Å². The van der Waals surface area contributed by atoms with Gasteiger partial charge in [-0.25, -0.2) is 13.4 Å². The van der Waals surface area contributed by atoms with E-state index in [-0.39, 0.29) is 24.4 Å². The second-order valence-electron chi connectivity index (χ2n) is 3.82. The fourth-order valence-corrected chi connectivity index (χ4v) is 2.37. The molecule has 0 spiro atoms. The maximum Gasteiger partial charge on any atom is 0.305 e. The lowest BCUT2D eigenvalue weighted by Crippen LogP contribution is -2.18. The lowest BCUT2D eigenvalue weighted by Gasteiger charge is -2.07. The van der Waals surface area contributed by atoms with Gasteiger partial charge in [0.25, 0.3) is 0 Å². The van der Waals surface area contributed by atoms with Crippen LogP contribution in [0.4, 0.5) is 5.82 Å². The van der Waals surface area contributed by atoms with Crippen LogP contribution in [-0.2, 0) is 19.6 Å². The molecule has 7 heteroatoms. The molecule has 0 unspecified atom stereocenters. The van der Waals surface area contributed by atoms with Crippen LogP contribution in [0, 0.1) is 6.92 Å². The van der Waals surface area contributed by atoms with E-state index in [4.69, 9.17) is 0 Å². The number of nitrogens with zero attached hydrogens (tertiary/aromatic N) is 1. The molecule has 0 aliphatic heterocycles. The molecule has 0 saturated carbocycles.